The number of methoxy groups -OCH3 is 3. The van der Waals surface area contributed by atoms with Crippen LogP contribution in [0.3, 0.4) is 0 Å². The van der Waals surface area contributed by atoms with Crippen LogP contribution in [0.2, 0.25) is 0 Å². The Morgan fingerprint density at radius 1 is 1.27 bits per heavy atom. The number of rotatable bonds is 5. The van der Waals surface area contributed by atoms with Crippen molar-refractivity contribution in [3.05, 3.63) is 41.1 Å². The molecule has 0 amide bonds. The molecule has 0 fully saturated rings. The SMILES string of the molecule is COC=C(C(=O)OC)c1cnc(-c2c(C)cccc2OC)s1. The van der Waals surface area contributed by atoms with Crippen molar-refractivity contribution in [1.82, 2.24) is 4.98 Å². The van der Waals surface area contributed by atoms with Crippen LogP contribution < -0.4 is 4.74 Å². The van der Waals surface area contributed by atoms with Gasteiger partial charge in [-0.15, -0.1) is 11.3 Å². The standard InChI is InChI=1S/C16H17NO4S/c1-10-6-5-7-12(20-3)14(10)15-17-8-13(22-15)11(9-19-2)16(18)21-4/h5-9H,1-4H3. The first-order valence-electron chi connectivity index (χ1n) is 6.53. The van der Waals surface area contributed by atoms with Crippen molar-refractivity contribution in [2.24, 2.45) is 0 Å². The molecule has 22 heavy (non-hydrogen) atoms. The molecular weight excluding hydrogens is 302 g/mol. The molecule has 0 aliphatic carbocycles. The van der Waals surface area contributed by atoms with Gasteiger partial charge in [-0.1, -0.05) is 12.1 Å². The van der Waals surface area contributed by atoms with E-state index < -0.39 is 5.97 Å². The highest BCUT2D eigenvalue weighted by Crippen LogP contribution is 2.37. The van der Waals surface area contributed by atoms with E-state index in [9.17, 15) is 4.79 Å². The lowest BCUT2D eigenvalue weighted by molar-refractivity contribution is -0.133. The average Bonchev–Trinajstić information content (AvgIpc) is 3.00. The highest BCUT2D eigenvalue weighted by Gasteiger charge is 2.19. The first-order valence-corrected chi connectivity index (χ1v) is 7.35. The lowest BCUT2D eigenvalue weighted by atomic mass is 10.1. The third-order valence-corrected chi connectivity index (χ3v) is 4.13. The van der Waals surface area contributed by atoms with Crippen molar-refractivity contribution >= 4 is 22.9 Å². The molecular formula is C16H17NO4S. The number of ether oxygens (including phenoxy) is 3. The molecule has 0 unspecified atom stereocenters. The Bertz CT molecular complexity index is 706. The number of carbonyl (C=O) groups is 1. The molecule has 6 heteroatoms. The van der Waals surface area contributed by atoms with Crippen LogP contribution in [-0.2, 0) is 14.3 Å². The van der Waals surface area contributed by atoms with E-state index in [2.05, 4.69) is 4.98 Å². The minimum absolute atomic E-state index is 0.335. The van der Waals surface area contributed by atoms with Gasteiger partial charge in [0.2, 0.25) is 0 Å². The highest BCUT2D eigenvalue weighted by atomic mass is 32.1. The summed E-state index contributed by atoms with van der Waals surface area (Å²) in [6.07, 6.45) is 2.99. The lowest BCUT2D eigenvalue weighted by Gasteiger charge is -2.08. The van der Waals surface area contributed by atoms with Gasteiger partial charge in [0, 0.05) is 6.20 Å². The molecule has 1 heterocycles. The van der Waals surface area contributed by atoms with Gasteiger partial charge in [-0.2, -0.15) is 0 Å². The number of benzene rings is 1. The number of carbonyl (C=O) groups excluding carboxylic acids is 1. The predicted molar refractivity (Wildman–Crippen MR) is 85.8 cm³/mol. The Balaban J connectivity index is 2.48. The second-order valence-electron chi connectivity index (χ2n) is 4.44. The smallest absolute Gasteiger partial charge is 0.342 e. The largest absolute Gasteiger partial charge is 0.503 e. The van der Waals surface area contributed by atoms with E-state index in [0.29, 0.717) is 10.5 Å². The number of thiazole rings is 1. The minimum atomic E-state index is -0.464. The number of esters is 1. The van der Waals surface area contributed by atoms with Crippen LogP contribution in [0, 0.1) is 6.92 Å². The summed E-state index contributed by atoms with van der Waals surface area (Å²) >= 11 is 1.38. The van der Waals surface area contributed by atoms with Crippen LogP contribution in [0.15, 0.2) is 30.7 Å². The van der Waals surface area contributed by atoms with Gasteiger partial charge in [-0.05, 0) is 18.6 Å². The maximum atomic E-state index is 11.8. The molecule has 0 saturated heterocycles. The Kier molecular flexibility index (Phi) is 5.16. The molecule has 0 spiro atoms. The number of hydrogen-bond donors (Lipinski definition) is 0. The van der Waals surface area contributed by atoms with Gasteiger partial charge < -0.3 is 14.2 Å². The maximum absolute atomic E-state index is 11.8. The molecule has 0 N–H and O–H groups in total. The van der Waals surface area contributed by atoms with Crippen LogP contribution in [-0.4, -0.2) is 32.3 Å². The van der Waals surface area contributed by atoms with Crippen LogP contribution in [0.1, 0.15) is 10.4 Å². The zero-order valence-electron chi connectivity index (χ0n) is 12.9. The van der Waals surface area contributed by atoms with E-state index in [1.54, 1.807) is 13.3 Å². The summed E-state index contributed by atoms with van der Waals surface area (Å²) in [5.41, 5.74) is 2.31. The summed E-state index contributed by atoms with van der Waals surface area (Å²) in [6.45, 7) is 1.99. The van der Waals surface area contributed by atoms with Gasteiger partial charge in [0.1, 0.15) is 16.3 Å². The summed E-state index contributed by atoms with van der Waals surface area (Å²) in [5, 5.41) is 0.774. The number of aryl methyl sites for hydroxylation is 1. The van der Waals surface area contributed by atoms with Crippen LogP contribution in [0.25, 0.3) is 16.1 Å². The quantitative estimate of drug-likeness (QED) is 0.481. The van der Waals surface area contributed by atoms with Gasteiger partial charge in [0.25, 0.3) is 0 Å². The fourth-order valence-corrected chi connectivity index (χ4v) is 3.06. The van der Waals surface area contributed by atoms with Crippen molar-refractivity contribution in [3.63, 3.8) is 0 Å². The molecule has 0 atom stereocenters. The summed E-state index contributed by atoms with van der Waals surface area (Å²) < 4.78 is 15.1. The molecule has 1 aromatic heterocycles. The topological polar surface area (TPSA) is 57.7 Å². The zero-order valence-corrected chi connectivity index (χ0v) is 13.7. The summed E-state index contributed by atoms with van der Waals surface area (Å²) in [5.74, 6) is 0.282. The average molecular weight is 319 g/mol. The van der Waals surface area contributed by atoms with E-state index in [0.717, 1.165) is 21.9 Å². The Morgan fingerprint density at radius 2 is 2.05 bits per heavy atom. The Morgan fingerprint density at radius 3 is 2.68 bits per heavy atom. The van der Waals surface area contributed by atoms with Gasteiger partial charge in [-0.25, -0.2) is 9.78 Å². The molecule has 1 aromatic carbocycles. The molecule has 116 valence electrons. The van der Waals surface area contributed by atoms with Crippen molar-refractivity contribution < 1.29 is 19.0 Å². The molecule has 5 nitrogen and oxygen atoms in total. The molecule has 0 aliphatic heterocycles. The third-order valence-electron chi connectivity index (χ3n) is 3.08. The first kappa shape index (κ1) is 16.0. The van der Waals surface area contributed by atoms with E-state index in [1.807, 2.05) is 25.1 Å². The molecule has 0 bridgehead atoms. The predicted octanol–water partition coefficient (Wildman–Crippen LogP) is 3.29. The Labute approximate surface area is 133 Å². The maximum Gasteiger partial charge on any atom is 0.342 e. The van der Waals surface area contributed by atoms with Crippen molar-refractivity contribution in [3.8, 4) is 16.3 Å². The van der Waals surface area contributed by atoms with Crippen molar-refractivity contribution in [1.29, 1.82) is 0 Å². The van der Waals surface area contributed by atoms with Gasteiger partial charge >= 0.3 is 5.97 Å². The fraction of sp³-hybridized carbons (Fsp3) is 0.250. The minimum Gasteiger partial charge on any atom is -0.503 e. The lowest BCUT2D eigenvalue weighted by Crippen LogP contribution is -2.02. The van der Waals surface area contributed by atoms with Crippen LogP contribution >= 0.6 is 11.3 Å². The molecule has 0 radical (unpaired) electrons. The van der Waals surface area contributed by atoms with Gasteiger partial charge in [-0.3, -0.25) is 0 Å². The summed E-state index contributed by atoms with van der Waals surface area (Å²) in [7, 11) is 4.44. The van der Waals surface area contributed by atoms with Gasteiger partial charge in [0.05, 0.1) is 38.0 Å². The fourth-order valence-electron chi connectivity index (χ4n) is 2.03. The van der Waals surface area contributed by atoms with Gasteiger partial charge in [0.15, 0.2) is 0 Å². The number of aromatic nitrogens is 1. The van der Waals surface area contributed by atoms with E-state index >= 15 is 0 Å². The second kappa shape index (κ2) is 7.09. The monoisotopic (exact) mass is 319 g/mol. The first-order chi connectivity index (χ1) is 10.6. The van der Waals surface area contributed by atoms with Crippen molar-refractivity contribution in [2.45, 2.75) is 6.92 Å². The van der Waals surface area contributed by atoms with E-state index in [1.165, 1.54) is 31.8 Å². The summed E-state index contributed by atoms with van der Waals surface area (Å²) in [4.78, 5) is 16.9. The zero-order chi connectivity index (χ0) is 16.1. The highest BCUT2D eigenvalue weighted by molar-refractivity contribution is 7.16. The number of nitrogens with zero attached hydrogens (tertiary/aromatic N) is 1. The van der Waals surface area contributed by atoms with Crippen LogP contribution in [0.5, 0.6) is 5.75 Å². The molecule has 0 saturated carbocycles. The Hall–Kier alpha value is -2.34. The van der Waals surface area contributed by atoms with Crippen molar-refractivity contribution in [2.75, 3.05) is 21.3 Å². The second-order valence-corrected chi connectivity index (χ2v) is 5.47. The van der Waals surface area contributed by atoms with E-state index in [4.69, 9.17) is 14.2 Å². The molecule has 2 rings (SSSR count). The summed E-state index contributed by atoms with van der Waals surface area (Å²) in [6, 6.07) is 5.80. The third kappa shape index (κ3) is 3.12. The normalized spacial score (nSPS) is 11.2. The van der Waals surface area contributed by atoms with Crippen LogP contribution in [0.4, 0.5) is 0 Å². The number of hydrogen-bond acceptors (Lipinski definition) is 6. The molecule has 0 aliphatic rings. The molecule has 2 aromatic rings. The van der Waals surface area contributed by atoms with E-state index in [-0.39, 0.29) is 0 Å².